The van der Waals surface area contributed by atoms with Crippen LogP contribution < -0.4 is 5.32 Å². The number of aliphatic hydroxyl groups is 1. The van der Waals surface area contributed by atoms with Crippen molar-refractivity contribution < 1.29 is 14.3 Å². The molecule has 1 amide bonds. The van der Waals surface area contributed by atoms with Crippen LogP contribution in [0.5, 0.6) is 0 Å². The van der Waals surface area contributed by atoms with Crippen molar-refractivity contribution in [2.45, 2.75) is 31.3 Å². The Morgan fingerprint density at radius 3 is 2.82 bits per heavy atom. The molecule has 3 nitrogen and oxygen atoms in total. The number of amides is 1. The first-order chi connectivity index (χ1) is 8.07. The van der Waals surface area contributed by atoms with Crippen molar-refractivity contribution in [3.63, 3.8) is 0 Å². The second-order valence-corrected chi connectivity index (χ2v) is 4.66. The van der Waals surface area contributed by atoms with Gasteiger partial charge in [-0.1, -0.05) is 12.1 Å². The summed E-state index contributed by atoms with van der Waals surface area (Å²) in [7, 11) is 0. The zero-order valence-corrected chi connectivity index (χ0v) is 9.58. The molecule has 2 rings (SSSR count). The quantitative estimate of drug-likeness (QED) is 0.831. The van der Waals surface area contributed by atoms with Crippen LogP contribution in [-0.2, 0) is 11.2 Å². The summed E-state index contributed by atoms with van der Waals surface area (Å²) in [4.78, 5) is 11.6. The fourth-order valence-corrected chi connectivity index (χ4v) is 1.92. The average molecular weight is 237 g/mol. The summed E-state index contributed by atoms with van der Waals surface area (Å²) in [5.74, 6) is -0.524. The van der Waals surface area contributed by atoms with Gasteiger partial charge in [0.1, 0.15) is 5.82 Å². The summed E-state index contributed by atoms with van der Waals surface area (Å²) in [5.41, 5.74) is -0.0690. The highest BCUT2D eigenvalue weighted by molar-refractivity contribution is 5.78. The monoisotopic (exact) mass is 237 g/mol. The predicted octanol–water partition coefficient (Wildman–Crippen LogP) is 1.40. The van der Waals surface area contributed by atoms with Crippen LogP contribution in [-0.4, -0.2) is 23.2 Å². The molecule has 92 valence electrons. The maximum absolute atomic E-state index is 12.9. The molecule has 0 aliphatic heterocycles. The smallest absolute Gasteiger partial charge is 0.224 e. The molecule has 0 unspecified atom stereocenters. The maximum Gasteiger partial charge on any atom is 0.224 e. The van der Waals surface area contributed by atoms with E-state index >= 15 is 0 Å². The minimum Gasteiger partial charge on any atom is -0.388 e. The molecule has 0 aromatic heterocycles. The topological polar surface area (TPSA) is 49.3 Å². The molecule has 2 N–H and O–H groups in total. The van der Waals surface area contributed by atoms with E-state index in [4.69, 9.17) is 0 Å². The summed E-state index contributed by atoms with van der Waals surface area (Å²) >= 11 is 0. The number of hydrogen-bond acceptors (Lipinski definition) is 2. The second-order valence-electron chi connectivity index (χ2n) is 4.66. The van der Waals surface area contributed by atoms with E-state index in [2.05, 4.69) is 5.32 Å². The Labute approximate surface area is 99.7 Å². The van der Waals surface area contributed by atoms with E-state index < -0.39 is 5.60 Å². The third kappa shape index (κ3) is 3.27. The lowest BCUT2D eigenvalue weighted by Gasteiger charge is -2.36. The van der Waals surface area contributed by atoms with E-state index in [1.54, 1.807) is 12.1 Å². The van der Waals surface area contributed by atoms with Crippen LogP contribution in [0.1, 0.15) is 24.8 Å². The highest BCUT2D eigenvalue weighted by Gasteiger charge is 2.34. The number of benzene rings is 1. The Morgan fingerprint density at radius 2 is 2.24 bits per heavy atom. The first kappa shape index (κ1) is 12.0. The number of halogens is 1. The number of carbonyl (C=O) groups is 1. The lowest BCUT2D eigenvalue weighted by molar-refractivity contribution is -0.122. The zero-order chi connectivity index (χ0) is 12.3. The van der Waals surface area contributed by atoms with Crippen LogP contribution >= 0.6 is 0 Å². The van der Waals surface area contributed by atoms with Gasteiger partial charge in [0.05, 0.1) is 12.0 Å². The van der Waals surface area contributed by atoms with E-state index in [1.165, 1.54) is 12.1 Å². The van der Waals surface area contributed by atoms with Gasteiger partial charge in [-0.2, -0.15) is 0 Å². The molecule has 1 aromatic rings. The Morgan fingerprint density at radius 1 is 1.47 bits per heavy atom. The molecule has 1 aromatic carbocycles. The number of nitrogens with one attached hydrogen (secondary N) is 1. The summed E-state index contributed by atoms with van der Waals surface area (Å²) in [6.07, 6.45) is 2.64. The molecular weight excluding hydrogens is 221 g/mol. The van der Waals surface area contributed by atoms with Crippen LogP contribution in [0.3, 0.4) is 0 Å². The summed E-state index contributed by atoms with van der Waals surface area (Å²) in [6, 6.07) is 5.98. The summed E-state index contributed by atoms with van der Waals surface area (Å²) in [6.45, 7) is 0.293. The molecule has 4 heteroatoms. The summed E-state index contributed by atoms with van der Waals surface area (Å²) < 4.78 is 12.9. The molecule has 0 bridgehead atoms. The Kier molecular flexibility index (Phi) is 3.43. The van der Waals surface area contributed by atoms with E-state index in [0.29, 0.717) is 12.1 Å². The lowest BCUT2D eigenvalue weighted by Crippen LogP contribution is -2.48. The van der Waals surface area contributed by atoms with Crippen molar-refractivity contribution in [1.82, 2.24) is 5.32 Å². The van der Waals surface area contributed by atoms with Crippen molar-refractivity contribution in [2.24, 2.45) is 0 Å². The molecule has 0 saturated heterocycles. The minimum absolute atomic E-state index is 0.147. The van der Waals surface area contributed by atoms with Gasteiger partial charge in [-0.15, -0.1) is 0 Å². The van der Waals surface area contributed by atoms with Gasteiger partial charge in [0, 0.05) is 6.54 Å². The van der Waals surface area contributed by atoms with E-state index in [1.807, 2.05) is 0 Å². The van der Waals surface area contributed by atoms with Crippen molar-refractivity contribution in [3.8, 4) is 0 Å². The van der Waals surface area contributed by atoms with Crippen molar-refractivity contribution in [3.05, 3.63) is 35.6 Å². The van der Waals surface area contributed by atoms with Gasteiger partial charge < -0.3 is 10.4 Å². The van der Waals surface area contributed by atoms with Crippen molar-refractivity contribution in [1.29, 1.82) is 0 Å². The standard InChI is InChI=1S/C13H16FNO2/c14-11-4-1-3-10(7-11)8-12(16)15-9-13(17)5-2-6-13/h1,3-4,7,17H,2,5-6,8-9H2,(H,15,16). The Balaban J connectivity index is 1.81. The minimum atomic E-state index is -0.711. The first-order valence-corrected chi connectivity index (χ1v) is 5.81. The molecular formula is C13H16FNO2. The van der Waals surface area contributed by atoms with Crippen molar-refractivity contribution in [2.75, 3.05) is 6.54 Å². The van der Waals surface area contributed by atoms with Gasteiger partial charge in [0.15, 0.2) is 0 Å². The molecule has 1 aliphatic rings. The van der Waals surface area contributed by atoms with E-state index in [9.17, 15) is 14.3 Å². The lowest BCUT2D eigenvalue weighted by atomic mass is 9.80. The average Bonchev–Trinajstić information content (AvgIpc) is 2.24. The molecule has 0 spiro atoms. The van der Waals surface area contributed by atoms with Gasteiger partial charge in [-0.25, -0.2) is 4.39 Å². The molecule has 1 fully saturated rings. The van der Waals surface area contributed by atoms with Crippen molar-refractivity contribution >= 4 is 5.91 Å². The molecule has 1 aliphatic carbocycles. The number of hydrogen-bond donors (Lipinski definition) is 2. The first-order valence-electron chi connectivity index (χ1n) is 5.81. The molecule has 1 saturated carbocycles. The fraction of sp³-hybridized carbons (Fsp3) is 0.462. The predicted molar refractivity (Wildman–Crippen MR) is 61.9 cm³/mol. The van der Waals surface area contributed by atoms with Crippen LogP contribution in [0.25, 0.3) is 0 Å². The Bertz CT molecular complexity index is 416. The zero-order valence-electron chi connectivity index (χ0n) is 9.58. The SMILES string of the molecule is O=C(Cc1cccc(F)c1)NCC1(O)CCC1. The summed E-state index contributed by atoms with van der Waals surface area (Å²) in [5, 5.41) is 12.5. The number of rotatable bonds is 4. The van der Waals surface area contributed by atoms with Crippen LogP contribution in [0.15, 0.2) is 24.3 Å². The molecule has 0 heterocycles. The van der Waals surface area contributed by atoms with Crippen LogP contribution in [0.4, 0.5) is 4.39 Å². The molecule has 0 radical (unpaired) electrons. The van der Waals surface area contributed by atoms with Gasteiger partial charge in [-0.3, -0.25) is 4.79 Å². The van der Waals surface area contributed by atoms with Crippen LogP contribution in [0, 0.1) is 5.82 Å². The van der Waals surface area contributed by atoms with E-state index in [-0.39, 0.29) is 18.1 Å². The van der Waals surface area contributed by atoms with Gasteiger partial charge >= 0.3 is 0 Å². The third-order valence-corrected chi connectivity index (χ3v) is 3.15. The number of carbonyl (C=O) groups excluding carboxylic acids is 1. The second kappa shape index (κ2) is 4.84. The normalized spacial score (nSPS) is 17.3. The highest BCUT2D eigenvalue weighted by atomic mass is 19.1. The molecule has 17 heavy (non-hydrogen) atoms. The van der Waals surface area contributed by atoms with Gasteiger partial charge in [0.25, 0.3) is 0 Å². The van der Waals surface area contributed by atoms with E-state index in [0.717, 1.165) is 19.3 Å². The van der Waals surface area contributed by atoms with Gasteiger partial charge in [0.2, 0.25) is 5.91 Å². The highest BCUT2D eigenvalue weighted by Crippen LogP contribution is 2.30. The fourth-order valence-electron chi connectivity index (χ4n) is 1.92. The molecule has 0 atom stereocenters. The van der Waals surface area contributed by atoms with Crippen LogP contribution in [0.2, 0.25) is 0 Å². The maximum atomic E-state index is 12.9. The Hall–Kier alpha value is -1.42. The van der Waals surface area contributed by atoms with Gasteiger partial charge in [-0.05, 0) is 37.0 Å². The third-order valence-electron chi connectivity index (χ3n) is 3.15. The largest absolute Gasteiger partial charge is 0.388 e.